The Morgan fingerprint density at radius 2 is 1.71 bits per heavy atom. The average Bonchev–Trinajstić information content (AvgIpc) is 2.85. The van der Waals surface area contributed by atoms with Gasteiger partial charge in [-0.05, 0) is 48.5 Å². The Bertz CT molecular complexity index is 762. The predicted octanol–water partition coefficient (Wildman–Crippen LogP) is 4.42. The first-order chi connectivity index (χ1) is 11.5. The van der Waals surface area contributed by atoms with Crippen LogP contribution < -0.4 is 4.90 Å². The van der Waals surface area contributed by atoms with Gasteiger partial charge in [-0.2, -0.15) is 0 Å². The van der Waals surface area contributed by atoms with Gasteiger partial charge in [0.2, 0.25) is 0 Å². The monoisotopic (exact) mass is 404 g/mol. The maximum absolute atomic E-state index is 12.7. The van der Waals surface area contributed by atoms with E-state index in [2.05, 4.69) is 15.9 Å². The third kappa shape index (κ3) is 3.49. The number of rotatable bonds is 4. The van der Waals surface area contributed by atoms with E-state index in [4.69, 9.17) is 0 Å². The molecule has 2 aromatic carbocycles. The number of aryl methyl sites for hydroxylation is 1. The molecule has 1 fully saturated rings. The number of hydrogen-bond donors (Lipinski definition) is 0. The van der Waals surface area contributed by atoms with Crippen molar-refractivity contribution in [3.63, 3.8) is 0 Å². The van der Waals surface area contributed by atoms with E-state index >= 15 is 0 Å². The summed E-state index contributed by atoms with van der Waals surface area (Å²) in [7, 11) is 1.84. The first-order valence-corrected chi connectivity index (χ1v) is 9.19. The second kappa shape index (κ2) is 6.99. The zero-order valence-electron chi connectivity index (χ0n) is 13.4. The molecule has 0 saturated carbocycles. The highest BCUT2D eigenvalue weighted by atomic mass is 79.9. The van der Waals surface area contributed by atoms with E-state index < -0.39 is 5.37 Å². The molecular weight excluding hydrogens is 388 g/mol. The lowest BCUT2D eigenvalue weighted by Gasteiger charge is -2.24. The van der Waals surface area contributed by atoms with Gasteiger partial charge in [-0.25, -0.2) is 0 Å². The van der Waals surface area contributed by atoms with Crippen LogP contribution in [0.3, 0.4) is 0 Å². The van der Waals surface area contributed by atoms with Crippen molar-refractivity contribution in [3.05, 3.63) is 64.1 Å². The Kier molecular flexibility index (Phi) is 4.96. The van der Waals surface area contributed by atoms with Gasteiger partial charge in [0.15, 0.2) is 5.37 Å². The van der Waals surface area contributed by atoms with Gasteiger partial charge in [-0.3, -0.25) is 14.5 Å². The Labute approximate surface area is 154 Å². The number of nitrogens with zero attached hydrogens (tertiary/aromatic N) is 2. The van der Waals surface area contributed by atoms with Crippen LogP contribution in [-0.2, 0) is 11.3 Å². The molecule has 1 saturated heterocycles. The van der Waals surface area contributed by atoms with Crippen LogP contribution in [0.15, 0.2) is 53.0 Å². The van der Waals surface area contributed by atoms with Crippen LogP contribution in [0.2, 0.25) is 0 Å². The van der Waals surface area contributed by atoms with Crippen LogP contribution in [0.1, 0.15) is 11.1 Å². The number of halogens is 1. The van der Waals surface area contributed by atoms with Crippen molar-refractivity contribution < 1.29 is 9.59 Å². The van der Waals surface area contributed by atoms with Gasteiger partial charge >= 0.3 is 0 Å². The third-order valence-corrected chi connectivity index (χ3v) is 5.65. The summed E-state index contributed by atoms with van der Waals surface area (Å²) < 4.78 is 0.969. The molecule has 0 bridgehead atoms. The second-order valence-corrected chi connectivity index (χ2v) is 7.68. The molecule has 0 N–H and O–H groups in total. The quantitative estimate of drug-likeness (QED) is 0.756. The molecule has 124 valence electrons. The molecule has 0 aromatic heterocycles. The van der Waals surface area contributed by atoms with Crippen molar-refractivity contribution in [1.82, 2.24) is 4.90 Å². The average molecular weight is 405 g/mol. The molecule has 0 aliphatic carbocycles. The van der Waals surface area contributed by atoms with Crippen LogP contribution in [0, 0.1) is 6.92 Å². The van der Waals surface area contributed by atoms with E-state index in [1.165, 1.54) is 4.90 Å². The lowest BCUT2D eigenvalue weighted by atomic mass is 10.2. The first-order valence-electron chi connectivity index (χ1n) is 7.51. The lowest BCUT2D eigenvalue weighted by Crippen LogP contribution is -2.39. The van der Waals surface area contributed by atoms with Crippen molar-refractivity contribution >= 4 is 44.5 Å². The highest BCUT2D eigenvalue weighted by molar-refractivity contribution is 9.10. The van der Waals surface area contributed by atoms with Gasteiger partial charge in [0.05, 0.1) is 6.54 Å². The fourth-order valence-electron chi connectivity index (χ4n) is 2.51. The number of carbonyl (C=O) groups is 2. The molecule has 0 spiro atoms. The normalized spacial score (nSPS) is 17.5. The molecule has 1 atom stereocenters. The van der Waals surface area contributed by atoms with Gasteiger partial charge in [0.25, 0.3) is 11.1 Å². The smallest absolute Gasteiger partial charge is 0.291 e. The van der Waals surface area contributed by atoms with Gasteiger partial charge in [-0.1, -0.05) is 45.8 Å². The zero-order chi connectivity index (χ0) is 17.3. The number of benzene rings is 2. The number of amides is 2. The molecule has 0 radical (unpaired) electrons. The Hall–Kier alpha value is -1.79. The van der Waals surface area contributed by atoms with E-state index in [1.807, 2.05) is 67.4 Å². The van der Waals surface area contributed by atoms with Gasteiger partial charge in [0.1, 0.15) is 0 Å². The fraction of sp³-hybridized carbons (Fsp3) is 0.222. The highest BCUT2D eigenvalue weighted by Crippen LogP contribution is 2.33. The molecule has 4 nitrogen and oxygen atoms in total. The molecule has 2 amide bonds. The molecule has 1 heterocycles. The molecule has 6 heteroatoms. The SMILES string of the molecule is Cc1ccc(N(C)[C@H]2SC(=O)N(Cc3ccc(Br)cc3)C2=O)cc1. The summed E-state index contributed by atoms with van der Waals surface area (Å²) in [5, 5.41) is -0.720. The molecule has 3 rings (SSSR count). The molecule has 24 heavy (non-hydrogen) atoms. The fourth-order valence-corrected chi connectivity index (χ4v) is 3.75. The van der Waals surface area contributed by atoms with Crippen LogP contribution in [0.5, 0.6) is 0 Å². The van der Waals surface area contributed by atoms with E-state index in [-0.39, 0.29) is 11.1 Å². The zero-order valence-corrected chi connectivity index (χ0v) is 15.8. The van der Waals surface area contributed by atoms with Crippen LogP contribution in [-0.4, -0.2) is 28.5 Å². The summed E-state index contributed by atoms with van der Waals surface area (Å²) in [4.78, 5) is 28.2. The Balaban J connectivity index is 1.75. The number of thioether (sulfide) groups is 1. The topological polar surface area (TPSA) is 40.6 Å². The van der Waals surface area contributed by atoms with Crippen molar-refractivity contribution in [1.29, 1.82) is 0 Å². The highest BCUT2D eigenvalue weighted by Gasteiger charge is 2.42. The number of hydrogen-bond acceptors (Lipinski definition) is 4. The van der Waals surface area contributed by atoms with Crippen molar-refractivity contribution in [2.24, 2.45) is 0 Å². The predicted molar refractivity (Wildman–Crippen MR) is 101 cm³/mol. The van der Waals surface area contributed by atoms with Gasteiger partial charge < -0.3 is 4.90 Å². The van der Waals surface area contributed by atoms with E-state index in [0.29, 0.717) is 6.54 Å². The van der Waals surface area contributed by atoms with E-state index in [0.717, 1.165) is 33.0 Å². The summed E-state index contributed by atoms with van der Waals surface area (Å²) in [5.74, 6) is -0.170. The number of carbonyl (C=O) groups excluding carboxylic acids is 2. The lowest BCUT2D eigenvalue weighted by molar-refractivity contribution is -0.127. The minimum Gasteiger partial charge on any atom is -0.354 e. The number of likely N-dealkylation sites (N-methyl/N-ethyl adjacent to an activating group) is 1. The summed E-state index contributed by atoms with van der Waals surface area (Å²) in [6, 6.07) is 15.6. The molecule has 2 aromatic rings. The van der Waals surface area contributed by atoms with Crippen LogP contribution >= 0.6 is 27.7 Å². The second-order valence-electron chi connectivity index (χ2n) is 5.73. The minimum absolute atomic E-state index is 0.170. The van der Waals surface area contributed by atoms with E-state index in [9.17, 15) is 9.59 Å². The van der Waals surface area contributed by atoms with Crippen molar-refractivity contribution in [3.8, 4) is 0 Å². The first kappa shape index (κ1) is 17.0. The van der Waals surface area contributed by atoms with Gasteiger partial charge in [0, 0.05) is 17.2 Å². The third-order valence-electron chi connectivity index (χ3n) is 3.96. The van der Waals surface area contributed by atoms with Gasteiger partial charge in [-0.15, -0.1) is 0 Å². The minimum atomic E-state index is -0.518. The molecular formula is C18H17BrN2O2S. The van der Waals surface area contributed by atoms with Crippen molar-refractivity contribution in [2.75, 3.05) is 11.9 Å². The van der Waals surface area contributed by atoms with Crippen LogP contribution in [0.25, 0.3) is 0 Å². The van der Waals surface area contributed by atoms with Crippen molar-refractivity contribution in [2.45, 2.75) is 18.8 Å². The summed E-state index contributed by atoms with van der Waals surface area (Å²) in [6.07, 6.45) is 0. The molecule has 1 aliphatic rings. The Morgan fingerprint density at radius 1 is 1.08 bits per heavy atom. The summed E-state index contributed by atoms with van der Waals surface area (Å²) >= 11 is 4.45. The number of imide groups is 1. The number of anilines is 1. The summed E-state index contributed by atoms with van der Waals surface area (Å²) in [5.41, 5.74) is 3.01. The van der Waals surface area contributed by atoms with Crippen LogP contribution in [0.4, 0.5) is 10.5 Å². The van der Waals surface area contributed by atoms with E-state index in [1.54, 1.807) is 0 Å². The largest absolute Gasteiger partial charge is 0.354 e. The maximum atomic E-state index is 12.7. The standard InChI is InChI=1S/C18H17BrN2O2S/c1-12-3-9-15(10-4-12)20(2)17-16(22)21(18(23)24-17)11-13-5-7-14(19)8-6-13/h3-10,17H,11H2,1-2H3/t17-/m0/s1. The summed E-state index contributed by atoms with van der Waals surface area (Å²) in [6.45, 7) is 2.32. The maximum Gasteiger partial charge on any atom is 0.291 e. The Morgan fingerprint density at radius 3 is 2.33 bits per heavy atom. The molecule has 0 unspecified atom stereocenters. The molecule has 1 aliphatic heterocycles.